The lowest BCUT2D eigenvalue weighted by atomic mass is 10.1. The fourth-order valence-electron chi connectivity index (χ4n) is 4.04. The second-order valence-electron chi connectivity index (χ2n) is 8.23. The summed E-state index contributed by atoms with van der Waals surface area (Å²) in [6, 6.07) is 13.0. The van der Waals surface area contributed by atoms with Crippen molar-refractivity contribution >= 4 is 27.5 Å². The lowest BCUT2D eigenvalue weighted by molar-refractivity contribution is 0.0794. The zero-order valence-electron chi connectivity index (χ0n) is 18.2. The van der Waals surface area contributed by atoms with Crippen molar-refractivity contribution in [1.82, 2.24) is 14.1 Å². The molecule has 2 amide bonds. The molecule has 8 nitrogen and oxygen atoms in total. The monoisotopic (exact) mass is 456 g/mol. The molecule has 2 aliphatic heterocycles. The molecule has 0 aliphatic carbocycles. The number of nitrogens with one attached hydrogen (secondary N) is 1. The Kier molecular flexibility index (Phi) is 6.59. The van der Waals surface area contributed by atoms with Gasteiger partial charge in [0.2, 0.25) is 10.0 Å². The SMILES string of the molecule is CN1CCN(S(=O)(=O)c2cccc(C(=O)Nc3ccccc3C(=O)N3CCCC3)c2)CC1. The van der Waals surface area contributed by atoms with Gasteiger partial charge >= 0.3 is 0 Å². The van der Waals surface area contributed by atoms with Crippen molar-refractivity contribution in [2.45, 2.75) is 17.7 Å². The Morgan fingerprint density at radius 3 is 2.28 bits per heavy atom. The first kappa shape index (κ1) is 22.4. The fraction of sp³-hybridized carbons (Fsp3) is 0.391. The summed E-state index contributed by atoms with van der Waals surface area (Å²) in [5, 5.41) is 2.79. The van der Waals surface area contributed by atoms with Crippen LogP contribution in [-0.4, -0.2) is 80.7 Å². The molecule has 0 radical (unpaired) electrons. The van der Waals surface area contributed by atoms with Crippen LogP contribution >= 0.6 is 0 Å². The Labute approximate surface area is 188 Å². The van der Waals surface area contributed by atoms with E-state index in [4.69, 9.17) is 0 Å². The highest BCUT2D eigenvalue weighted by Gasteiger charge is 2.28. The zero-order chi connectivity index (χ0) is 22.7. The van der Waals surface area contributed by atoms with E-state index in [1.54, 1.807) is 41.3 Å². The Morgan fingerprint density at radius 2 is 1.56 bits per heavy atom. The van der Waals surface area contributed by atoms with E-state index < -0.39 is 15.9 Å². The second kappa shape index (κ2) is 9.40. The molecular weight excluding hydrogens is 428 g/mol. The molecule has 32 heavy (non-hydrogen) atoms. The lowest BCUT2D eigenvalue weighted by Crippen LogP contribution is -2.47. The molecule has 0 spiro atoms. The van der Waals surface area contributed by atoms with Gasteiger partial charge in [0.1, 0.15) is 0 Å². The number of nitrogens with zero attached hydrogens (tertiary/aromatic N) is 3. The molecule has 2 saturated heterocycles. The summed E-state index contributed by atoms with van der Waals surface area (Å²) in [6.07, 6.45) is 1.96. The first-order valence-corrected chi connectivity index (χ1v) is 12.3. The molecule has 9 heteroatoms. The predicted octanol–water partition coefficient (Wildman–Crippen LogP) is 2.11. The Morgan fingerprint density at radius 1 is 0.875 bits per heavy atom. The number of amides is 2. The molecule has 0 saturated carbocycles. The number of hydrogen-bond donors (Lipinski definition) is 1. The van der Waals surface area contributed by atoms with Crippen LogP contribution in [-0.2, 0) is 10.0 Å². The molecule has 2 aliphatic rings. The first-order chi connectivity index (χ1) is 15.4. The van der Waals surface area contributed by atoms with Gasteiger partial charge in [-0.15, -0.1) is 0 Å². The summed E-state index contributed by atoms with van der Waals surface area (Å²) in [4.78, 5) is 29.8. The number of piperazine rings is 1. The zero-order valence-corrected chi connectivity index (χ0v) is 19.0. The summed E-state index contributed by atoms with van der Waals surface area (Å²) in [6.45, 7) is 3.60. The van der Waals surface area contributed by atoms with Gasteiger partial charge in [-0.05, 0) is 50.2 Å². The van der Waals surface area contributed by atoms with Crippen molar-refractivity contribution in [2.75, 3.05) is 51.6 Å². The fourth-order valence-corrected chi connectivity index (χ4v) is 5.51. The highest BCUT2D eigenvalue weighted by atomic mass is 32.2. The van der Waals surface area contributed by atoms with Gasteiger partial charge in [-0.3, -0.25) is 9.59 Å². The van der Waals surface area contributed by atoms with Crippen LogP contribution < -0.4 is 5.32 Å². The van der Waals surface area contributed by atoms with Crippen LogP contribution in [0.5, 0.6) is 0 Å². The number of likely N-dealkylation sites (tertiary alicyclic amines) is 1. The van der Waals surface area contributed by atoms with Crippen LogP contribution in [0.25, 0.3) is 0 Å². The van der Waals surface area contributed by atoms with Crippen LogP contribution in [0, 0.1) is 0 Å². The summed E-state index contributed by atoms with van der Waals surface area (Å²) < 4.78 is 27.5. The van der Waals surface area contributed by atoms with Crippen LogP contribution in [0.1, 0.15) is 33.6 Å². The number of hydrogen-bond acceptors (Lipinski definition) is 5. The Hall–Kier alpha value is -2.75. The minimum Gasteiger partial charge on any atom is -0.339 e. The number of likely N-dealkylation sites (N-methyl/N-ethyl adjacent to an activating group) is 1. The number of benzene rings is 2. The molecule has 170 valence electrons. The average Bonchev–Trinajstić information content (AvgIpc) is 3.34. The van der Waals surface area contributed by atoms with Gasteiger partial charge in [-0.1, -0.05) is 18.2 Å². The minimum atomic E-state index is -3.68. The van der Waals surface area contributed by atoms with Crippen molar-refractivity contribution in [1.29, 1.82) is 0 Å². The van der Waals surface area contributed by atoms with Crippen LogP contribution in [0.4, 0.5) is 5.69 Å². The van der Waals surface area contributed by atoms with E-state index in [0.717, 1.165) is 12.8 Å². The van der Waals surface area contributed by atoms with Gasteiger partial charge in [0.25, 0.3) is 11.8 Å². The molecule has 1 N–H and O–H groups in total. The number of carbonyl (C=O) groups excluding carboxylic acids is 2. The first-order valence-electron chi connectivity index (χ1n) is 10.8. The molecular formula is C23H28N4O4S. The third-order valence-corrected chi connectivity index (χ3v) is 7.89. The van der Waals surface area contributed by atoms with Gasteiger partial charge in [0.05, 0.1) is 16.1 Å². The van der Waals surface area contributed by atoms with E-state index in [-0.39, 0.29) is 16.4 Å². The summed E-state index contributed by atoms with van der Waals surface area (Å²) >= 11 is 0. The number of rotatable bonds is 5. The maximum Gasteiger partial charge on any atom is 0.255 e. The van der Waals surface area contributed by atoms with Crippen molar-refractivity contribution in [2.24, 2.45) is 0 Å². The van der Waals surface area contributed by atoms with Gasteiger partial charge in [0, 0.05) is 44.8 Å². The molecule has 0 aromatic heterocycles. The van der Waals surface area contributed by atoms with Crippen molar-refractivity contribution < 1.29 is 18.0 Å². The molecule has 0 bridgehead atoms. The average molecular weight is 457 g/mol. The quantitative estimate of drug-likeness (QED) is 0.744. The molecule has 2 aromatic rings. The minimum absolute atomic E-state index is 0.0936. The van der Waals surface area contributed by atoms with Crippen molar-refractivity contribution in [3.8, 4) is 0 Å². The predicted molar refractivity (Wildman–Crippen MR) is 122 cm³/mol. The van der Waals surface area contributed by atoms with E-state index in [0.29, 0.717) is 50.5 Å². The van der Waals surface area contributed by atoms with E-state index in [1.165, 1.54) is 16.4 Å². The van der Waals surface area contributed by atoms with Gasteiger partial charge in [-0.25, -0.2) is 8.42 Å². The number of carbonyl (C=O) groups is 2. The largest absolute Gasteiger partial charge is 0.339 e. The number of anilines is 1. The standard InChI is InChI=1S/C23H28N4O4S/c1-25-13-15-27(16-14-25)32(30,31)19-8-6-7-18(17-19)22(28)24-21-10-3-2-9-20(21)23(29)26-11-4-5-12-26/h2-3,6-10,17H,4-5,11-16H2,1H3,(H,24,28). The molecule has 0 unspecified atom stereocenters. The van der Waals surface area contributed by atoms with E-state index in [1.807, 2.05) is 7.05 Å². The second-order valence-corrected chi connectivity index (χ2v) is 10.2. The summed E-state index contributed by atoms with van der Waals surface area (Å²) in [7, 11) is -1.72. The van der Waals surface area contributed by atoms with E-state index in [9.17, 15) is 18.0 Å². The maximum absolute atomic E-state index is 13.0. The molecule has 2 aromatic carbocycles. The molecule has 4 rings (SSSR count). The highest BCUT2D eigenvalue weighted by Crippen LogP contribution is 2.22. The number of sulfonamides is 1. The molecule has 2 fully saturated rings. The normalized spacial score (nSPS) is 18.0. The van der Waals surface area contributed by atoms with E-state index >= 15 is 0 Å². The van der Waals surface area contributed by atoms with Crippen LogP contribution in [0.3, 0.4) is 0 Å². The third kappa shape index (κ3) is 4.69. The van der Waals surface area contributed by atoms with Crippen molar-refractivity contribution in [3.63, 3.8) is 0 Å². The number of para-hydroxylation sites is 1. The molecule has 2 heterocycles. The van der Waals surface area contributed by atoms with Gasteiger partial charge in [-0.2, -0.15) is 4.31 Å². The Balaban J connectivity index is 1.54. The third-order valence-electron chi connectivity index (χ3n) is 6.00. The summed E-state index contributed by atoms with van der Waals surface area (Å²) in [5.74, 6) is -0.563. The van der Waals surface area contributed by atoms with Crippen LogP contribution in [0.15, 0.2) is 53.4 Å². The Bertz CT molecular complexity index is 1100. The van der Waals surface area contributed by atoms with Crippen LogP contribution in [0.2, 0.25) is 0 Å². The smallest absolute Gasteiger partial charge is 0.255 e. The van der Waals surface area contributed by atoms with E-state index in [2.05, 4.69) is 10.2 Å². The topological polar surface area (TPSA) is 90.0 Å². The van der Waals surface area contributed by atoms with Crippen molar-refractivity contribution in [3.05, 3.63) is 59.7 Å². The molecule has 0 atom stereocenters. The lowest BCUT2D eigenvalue weighted by Gasteiger charge is -2.31. The van der Waals surface area contributed by atoms with Gasteiger partial charge < -0.3 is 15.1 Å². The summed E-state index contributed by atoms with van der Waals surface area (Å²) in [5.41, 5.74) is 1.08. The van der Waals surface area contributed by atoms with Gasteiger partial charge in [0.15, 0.2) is 0 Å². The highest BCUT2D eigenvalue weighted by molar-refractivity contribution is 7.89. The maximum atomic E-state index is 13.0.